The maximum atomic E-state index is 11.4. The molecule has 1 aromatic rings. The number of hydrogen-bond acceptors (Lipinski definition) is 5. The summed E-state index contributed by atoms with van der Waals surface area (Å²) in [5, 5.41) is 0. The van der Waals surface area contributed by atoms with Crippen molar-refractivity contribution in [3.05, 3.63) is 18.2 Å². The van der Waals surface area contributed by atoms with Crippen molar-refractivity contribution in [2.75, 3.05) is 37.5 Å². The van der Waals surface area contributed by atoms with E-state index in [0.29, 0.717) is 31.2 Å². The molecule has 1 unspecified atom stereocenters. The van der Waals surface area contributed by atoms with Gasteiger partial charge in [0.15, 0.2) is 0 Å². The highest BCUT2D eigenvalue weighted by Crippen LogP contribution is 2.29. The van der Waals surface area contributed by atoms with E-state index in [4.69, 9.17) is 20.9 Å². The van der Waals surface area contributed by atoms with E-state index in [1.165, 1.54) is 0 Å². The predicted molar refractivity (Wildman–Crippen MR) is 68.6 cm³/mol. The van der Waals surface area contributed by atoms with E-state index in [2.05, 4.69) is 0 Å². The van der Waals surface area contributed by atoms with E-state index in [-0.39, 0.29) is 0 Å². The molecule has 98 valence electrons. The van der Waals surface area contributed by atoms with Crippen molar-refractivity contribution in [1.82, 2.24) is 0 Å². The number of anilines is 2. The Labute approximate surface area is 105 Å². The van der Waals surface area contributed by atoms with Crippen LogP contribution in [0.2, 0.25) is 0 Å². The Bertz CT molecular complexity index is 450. The molecule has 0 saturated carbocycles. The number of hydrogen-bond donors (Lipinski definition) is 2. The molecule has 0 radical (unpaired) electrons. The molecule has 1 heterocycles. The van der Waals surface area contributed by atoms with Crippen molar-refractivity contribution in [2.24, 2.45) is 5.73 Å². The Balaban J connectivity index is 2.30. The van der Waals surface area contributed by atoms with Gasteiger partial charge in [0.2, 0.25) is 5.91 Å². The monoisotopic (exact) mass is 251 g/mol. The topological polar surface area (TPSA) is 90.8 Å². The number of nitrogens with two attached hydrogens (primary N) is 2. The summed E-state index contributed by atoms with van der Waals surface area (Å²) in [5.74, 6) is 0.188. The van der Waals surface area contributed by atoms with Gasteiger partial charge in [0.25, 0.3) is 0 Å². The summed E-state index contributed by atoms with van der Waals surface area (Å²) in [6.07, 6.45) is 0. The second-order valence-electron chi connectivity index (χ2n) is 4.11. The Morgan fingerprint density at radius 2 is 2.33 bits per heavy atom. The molecule has 6 nitrogen and oxygen atoms in total. The Hall–Kier alpha value is -1.95. The van der Waals surface area contributed by atoms with Crippen molar-refractivity contribution < 1.29 is 14.3 Å². The van der Waals surface area contributed by atoms with Gasteiger partial charge in [0.05, 0.1) is 26.0 Å². The number of amides is 1. The smallest absolute Gasteiger partial charge is 0.242 e. The van der Waals surface area contributed by atoms with Crippen molar-refractivity contribution in [3.8, 4) is 5.75 Å². The zero-order valence-corrected chi connectivity index (χ0v) is 10.3. The minimum atomic E-state index is -0.452. The van der Waals surface area contributed by atoms with Gasteiger partial charge >= 0.3 is 0 Å². The summed E-state index contributed by atoms with van der Waals surface area (Å²) >= 11 is 0. The van der Waals surface area contributed by atoms with Gasteiger partial charge in [-0.25, -0.2) is 0 Å². The maximum absolute atomic E-state index is 11.4. The van der Waals surface area contributed by atoms with Gasteiger partial charge in [-0.3, -0.25) is 4.79 Å². The molecule has 1 saturated heterocycles. The summed E-state index contributed by atoms with van der Waals surface area (Å²) in [5.41, 5.74) is 12.6. The van der Waals surface area contributed by atoms with Gasteiger partial charge in [0.1, 0.15) is 11.8 Å². The van der Waals surface area contributed by atoms with Crippen molar-refractivity contribution in [1.29, 1.82) is 0 Å². The van der Waals surface area contributed by atoms with Crippen LogP contribution in [0.1, 0.15) is 0 Å². The molecule has 1 aromatic carbocycles. The van der Waals surface area contributed by atoms with Gasteiger partial charge in [-0.15, -0.1) is 0 Å². The molecular formula is C12H17N3O3. The number of carbonyl (C=O) groups is 1. The molecule has 4 N–H and O–H groups in total. The zero-order valence-electron chi connectivity index (χ0n) is 10.3. The SMILES string of the molecule is COc1cc(N2CCOCC2C(N)=O)ccc1N. The average molecular weight is 251 g/mol. The molecule has 2 rings (SSSR count). The van der Waals surface area contributed by atoms with Crippen LogP contribution in [0, 0.1) is 0 Å². The lowest BCUT2D eigenvalue weighted by Gasteiger charge is -2.35. The van der Waals surface area contributed by atoms with E-state index in [0.717, 1.165) is 5.69 Å². The number of primary amides is 1. The molecule has 0 aliphatic carbocycles. The fraction of sp³-hybridized carbons (Fsp3) is 0.417. The van der Waals surface area contributed by atoms with Crippen molar-refractivity contribution in [3.63, 3.8) is 0 Å². The molecule has 6 heteroatoms. The third kappa shape index (κ3) is 2.33. The number of carbonyl (C=O) groups excluding carboxylic acids is 1. The molecule has 1 aliphatic heterocycles. The summed E-state index contributed by atoms with van der Waals surface area (Å²) in [6.45, 7) is 1.49. The summed E-state index contributed by atoms with van der Waals surface area (Å²) in [4.78, 5) is 13.3. The third-order valence-corrected chi connectivity index (χ3v) is 3.01. The molecule has 1 aliphatic rings. The number of methoxy groups -OCH3 is 1. The number of morpholine rings is 1. The maximum Gasteiger partial charge on any atom is 0.242 e. The minimum Gasteiger partial charge on any atom is -0.495 e. The fourth-order valence-electron chi connectivity index (χ4n) is 2.03. The normalized spacial score (nSPS) is 19.6. The summed E-state index contributed by atoms with van der Waals surface area (Å²) in [6, 6.07) is 4.95. The van der Waals surface area contributed by atoms with Gasteiger partial charge in [-0.05, 0) is 12.1 Å². The highest BCUT2D eigenvalue weighted by atomic mass is 16.5. The second kappa shape index (κ2) is 5.14. The van der Waals surface area contributed by atoms with Crippen LogP contribution in [0.25, 0.3) is 0 Å². The largest absolute Gasteiger partial charge is 0.495 e. The minimum absolute atomic E-state index is 0.308. The third-order valence-electron chi connectivity index (χ3n) is 3.01. The Morgan fingerprint density at radius 1 is 1.56 bits per heavy atom. The Kier molecular flexibility index (Phi) is 3.57. The van der Waals surface area contributed by atoms with Crippen LogP contribution in [0.5, 0.6) is 5.75 Å². The highest BCUT2D eigenvalue weighted by Gasteiger charge is 2.28. The second-order valence-corrected chi connectivity index (χ2v) is 4.11. The van der Waals surface area contributed by atoms with Gasteiger partial charge < -0.3 is 25.8 Å². The number of nitrogens with zero attached hydrogens (tertiary/aromatic N) is 1. The number of rotatable bonds is 3. The van der Waals surface area contributed by atoms with E-state index in [1.54, 1.807) is 19.2 Å². The van der Waals surface area contributed by atoms with Crippen molar-refractivity contribution in [2.45, 2.75) is 6.04 Å². The molecule has 1 amide bonds. The first-order chi connectivity index (χ1) is 8.63. The molecule has 1 fully saturated rings. The first-order valence-electron chi connectivity index (χ1n) is 5.70. The number of nitrogen functional groups attached to an aromatic ring is 1. The van der Waals surface area contributed by atoms with Crippen LogP contribution in [0.4, 0.5) is 11.4 Å². The lowest BCUT2D eigenvalue weighted by Crippen LogP contribution is -2.52. The van der Waals surface area contributed by atoms with E-state index in [1.807, 2.05) is 11.0 Å². The first-order valence-corrected chi connectivity index (χ1v) is 5.70. The molecule has 0 aromatic heterocycles. The molecule has 0 spiro atoms. The molecule has 1 atom stereocenters. The summed E-state index contributed by atoms with van der Waals surface area (Å²) in [7, 11) is 1.56. The molecular weight excluding hydrogens is 234 g/mol. The van der Waals surface area contributed by atoms with Gasteiger partial charge in [-0.2, -0.15) is 0 Å². The van der Waals surface area contributed by atoms with Crippen molar-refractivity contribution >= 4 is 17.3 Å². The van der Waals surface area contributed by atoms with E-state index in [9.17, 15) is 4.79 Å². The van der Waals surface area contributed by atoms with Crippen LogP contribution >= 0.6 is 0 Å². The first kappa shape index (κ1) is 12.5. The average Bonchev–Trinajstić information content (AvgIpc) is 2.39. The van der Waals surface area contributed by atoms with E-state index < -0.39 is 11.9 Å². The molecule has 0 bridgehead atoms. The van der Waals surface area contributed by atoms with Crippen LogP contribution < -0.4 is 21.1 Å². The van der Waals surface area contributed by atoms with Crippen LogP contribution in [-0.4, -0.2) is 38.8 Å². The Morgan fingerprint density at radius 3 is 3.00 bits per heavy atom. The number of ether oxygens (including phenoxy) is 2. The zero-order chi connectivity index (χ0) is 13.1. The quantitative estimate of drug-likeness (QED) is 0.736. The fourth-order valence-corrected chi connectivity index (χ4v) is 2.03. The lowest BCUT2D eigenvalue weighted by molar-refractivity contribution is -0.121. The van der Waals surface area contributed by atoms with Crippen LogP contribution in [-0.2, 0) is 9.53 Å². The van der Waals surface area contributed by atoms with E-state index >= 15 is 0 Å². The summed E-state index contributed by atoms with van der Waals surface area (Å²) < 4.78 is 10.5. The van der Waals surface area contributed by atoms with Crippen LogP contribution in [0.15, 0.2) is 18.2 Å². The van der Waals surface area contributed by atoms with Crippen LogP contribution in [0.3, 0.4) is 0 Å². The predicted octanol–water partition coefficient (Wildman–Crippen LogP) is -0.0321. The van der Waals surface area contributed by atoms with Gasteiger partial charge in [0, 0.05) is 18.3 Å². The molecule has 18 heavy (non-hydrogen) atoms. The standard InChI is InChI=1S/C12H17N3O3/c1-17-11-6-8(2-3-9(11)13)15-4-5-18-7-10(15)12(14)16/h2-3,6,10H,4-5,7,13H2,1H3,(H2,14,16). The number of benzene rings is 1. The highest BCUT2D eigenvalue weighted by molar-refractivity contribution is 5.84. The lowest BCUT2D eigenvalue weighted by atomic mass is 10.1. The van der Waals surface area contributed by atoms with Gasteiger partial charge in [-0.1, -0.05) is 0 Å².